The number of hydrogen-bond donors (Lipinski definition) is 2. The van der Waals surface area contributed by atoms with Gasteiger partial charge in [-0.2, -0.15) is 9.36 Å². The van der Waals surface area contributed by atoms with Gasteiger partial charge in [-0.3, -0.25) is 9.59 Å². The number of aryl methyl sites for hydroxylation is 3. The maximum atomic E-state index is 13.7. The lowest BCUT2D eigenvalue weighted by atomic mass is 10.1. The number of rotatable bonds is 7. The summed E-state index contributed by atoms with van der Waals surface area (Å²) in [7, 11) is 1.53. The Balaban J connectivity index is 1.25. The number of nitrogens with one attached hydrogen (secondary N) is 2. The summed E-state index contributed by atoms with van der Waals surface area (Å²) in [4.78, 5) is 45.8. The van der Waals surface area contributed by atoms with E-state index >= 15 is 0 Å². The molecule has 0 saturated carbocycles. The molecule has 5 rings (SSSR count). The second-order valence-electron chi connectivity index (χ2n) is 9.00. The summed E-state index contributed by atoms with van der Waals surface area (Å²) < 4.78 is 16.1. The van der Waals surface area contributed by atoms with E-state index in [0.29, 0.717) is 30.5 Å². The summed E-state index contributed by atoms with van der Waals surface area (Å²) in [5.74, 6) is -1.18. The van der Waals surface area contributed by atoms with Crippen molar-refractivity contribution in [1.82, 2.24) is 40.4 Å². The van der Waals surface area contributed by atoms with Gasteiger partial charge in [0.2, 0.25) is 0 Å². The van der Waals surface area contributed by atoms with Crippen molar-refractivity contribution < 1.29 is 14.0 Å². The fraction of sp³-hybridized carbons (Fsp3) is 0.269. The first-order chi connectivity index (χ1) is 18.3. The molecule has 2 aromatic heterocycles. The monoisotopic (exact) mass is 516 g/mol. The van der Waals surface area contributed by atoms with Crippen molar-refractivity contribution >= 4 is 11.8 Å². The van der Waals surface area contributed by atoms with Crippen molar-refractivity contribution in [2.24, 2.45) is 7.05 Å². The summed E-state index contributed by atoms with van der Waals surface area (Å²) >= 11 is 0. The summed E-state index contributed by atoms with van der Waals surface area (Å²) in [6, 6.07) is 11.3. The maximum Gasteiger partial charge on any atom is 0.368 e. The molecule has 0 aliphatic heterocycles. The van der Waals surface area contributed by atoms with Crippen LogP contribution < -0.4 is 16.3 Å². The number of halogens is 1. The number of hydrogen-bond acceptors (Lipinski definition) is 7. The second kappa shape index (κ2) is 10.3. The lowest BCUT2D eigenvalue weighted by molar-refractivity contribution is 0.0931. The van der Waals surface area contributed by atoms with Crippen LogP contribution in [0.1, 0.15) is 62.6 Å². The number of carbonyl (C=O) groups is 2. The summed E-state index contributed by atoms with van der Waals surface area (Å²) in [5, 5.41) is 13.3. The van der Waals surface area contributed by atoms with Gasteiger partial charge in [-0.15, -0.1) is 0 Å². The van der Waals surface area contributed by atoms with Gasteiger partial charge in [0.15, 0.2) is 0 Å². The van der Waals surface area contributed by atoms with E-state index in [1.54, 1.807) is 18.2 Å². The van der Waals surface area contributed by atoms with Gasteiger partial charge in [-0.25, -0.2) is 19.2 Å². The van der Waals surface area contributed by atoms with Crippen LogP contribution in [0, 0.1) is 5.82 Å². The highest BCUT2D eigenvalue weighted by Crippen LogP contribution is 2.32. The second-order valence-corrected chi connectivity index (χ2v) is 9.00. The highest BCUT2D eigenvalue weighted by molar-refractivity contribution is 5.97. The number of benzene rings is 2. The summed E-state index contributed by atoms with van der Waals surface area (Å²) in [6.07, 6.45) is 3.11. The molecule has 1 atom stereocenters. The predicted molar refractivity (Wildman–Crippen MR) is 134 cm³/mol. The van der Waals surface area contributed by atoms with Gasteiger partial charge in [0.25, 0.3) is 11.8 Å². The van der Waals surface area contributed by atoms with E-state index < -0.39 is 11.8 Å². The Bertz CT molecular complexity index is 1600. The Morgan fingerprint density at radius 2 is 1.84 bits per heavy atom. The molecule has 4 aromatic rings. The van der Waals surface area contributed by atoms with E-state index in [0.717, 1.165) is 21.4 Å². The van der Waals surface area contributed by atoms with Gasteiger partial charge in [0.1, 0.15) is 23.5 Å². The van der Waals surface area contributed by atoms with Crippen molar-refractivity contribution in [3.63, 3.8) is 0 Å². The zero-order valence-electron chi connectivity index (χ0n) is 20.8. The highest BCUT2D eigenvalue weighted by Gasteiger charge is 2.26. The van der Waals surface area contributed by atoms with Crippen LogP contribution >= 0.6 is 0 Å². The van der Waals surface area contributed by atoms with Crippen LogP contribution in [-0.4, -0.2) is 41.6 Å². The Morgan fingerprint density at radius 3 is 2.58 bits per heavy atom. The van der Waals surface area contributed by atoms with Gasteiger partial charge in [-0.1, -0.05) is 25.1 Å². The van der Waals surface area contributed by atoms with Crippen molar-refractivity contribution in [2.75, 3.05) is 0 Å². The molecule has 2 N–H and O–H groups in total. The van der Waals surface area contributed by atoms with E-state index in [9.17, 15) is 18.8 Å². The quantitative estimate of drug-likeness (QED) is 0.382. The molecular formula is C26H25FN8O3. The van der Waals surface area contributed by atoms with Crippen LogP contribution in [0.5, 0.6) is 0 Å². The first kappa shape index (κ1) is 24.9. The SMILES string of the molecule is CCc1cc(CNC(=O)c2cc(C(=O)N[C@H]3CCc4cc(-n5nnn(C)c5=O)ccc43)ncn2)ccc1F. The molecule has 11 nitrogen and oxygen atoms in total. The van der Waals surface area contributed by atoms with E-state index in [-0.39, 0.29) is 35.5 Å². The van der Waals surface area contributed by atoms with Crippen LogP contribution in [0.25, 0.3) is 5.69 Å². The fourth-order valence-corrected chi connectivity index (χ4v) is 4.48. The van der Waals surface area contributed by atoms with Crippen LogP contribution in [0.3, 0.4) is 0 Å². The molecule has 0 saturated heterocycles. The van der Waals surface area contributed by atoms with E-state index in [4.69, 9.17) is 0 Å². The van der Waals surface area contributed by atoms with E-state index in [2.05, 4.69) is 31.0 Å². The van der Waals surface area contributed by atoms with Gasteiger partial charge in [-0.05, 0) is 70.1 Å². The fourth-order valence-electron chi connectivity index (χ4n) is 4.48. The molecule has 2 amide bonds. The average Bonchev–Trinajstić information content (AvgIpc) is 3.49. The molecule has 2 heterocycles. The van der Waals surface area contributed by atoms with E-state index in [1.165, 1.54) is 30.2 Å². The number of aromatic nitrogens is 6. The first-order valence-corrected chi connectivity index (χ1v) is 12.1. The Kier molecular flexibility index (Phi) is 6.77. The third-order valence-corrected chi connectivity index (χ3v) is 6.55. The highest BCUT2D eigenvalue weighted by atomic mass is 19.1. The lowest BCUT2D eigenvalue weighted by Gasteiger charge is -2.14. The minimum Gasteiger partial charge on any atom is -0.347 e. The number of tetrazole rings is 1. The molecular weight excluding hydrogens is 491 g/mol. The number of carbonyl (C=O) groups excluding carboxylic acids is 2. The Labute approximate surface area is 216 Å². The average molecular weight is 517 g/mol. The maximum absolute atomic E-state index is 13.7. The zero-order valence-corrected chi connectivity index (χ0v) is 20.8. The normalized spacial score (nSPS) is 14.2. The Hall–Kier alpha value is -4.74. The molecule has 12 heteroatoms. The minimum absolute atomic E-state index is 0.0499. The molecule has 0 fully saturated rings. The van der Waals surface area contributed by atoms with Crippen LogP contribution in [0.4, 0.5) is 4.39 Å². The van der Waals surface area contributed by atoms with Crippen molar-refractivity contribution in [1.29, 1.82) is 0 Å². The predicted octanol–water partition coefficient (Wildman–Crippen LogP) is 1.80. The van der Waals surface area contributed by atoms with Gasteiger partial charge >= 0.3 is 5.69 Å². The number of nitrogens with zero attached hydrogens (tertiary/aromatic N) is 6. The van der Waals surface area contributed by atoms with Crippen LogP contribution in [-0.2, 0) is 26.4 Å². The molecule has 0 unspecified atom stereocenters. The molecule has 194 valence electrons. The lowest BCUT2D eigenvalue weighted by Crippen LogP contribution is -2.29. The van der Waals surface area contributed by atoms with Crippen LogP contribution in [0.15, 0.2) is 53.6 Å². The summed E-state index contributed by atoms with van der Waals surface area (Å²) in [6.45, 7) is 2.05. The summed E-state index contributed by atoms with van der Waals surface area (Å²) in [5.41, 5.74) is 3.65. The zero-order chi connectivity index (χ0) is 26.8. The molecule has 0 bridgehead atoms. The molecule has 0 spiro atoms. The van der Waals surface area contributed by atoms with Gasteiger partial charge < -0.3 is 10.6 Å². The number of amides is 2. The van der Waals surface area contributed by atoms with Crippen LogP contribution in [0.2, 0.25) is 0 Å². The largest absolute Gasteiger partial charge is 0.368 e. The molecule has 0 radical (unpaired) electrons. The van der Waals surface area contributed by atoms with Crippen molar-refractivity contribution in [3.05, 3.63) is 98.7 Å². The molecule has 1 aliphatic rings. The standard InChI is InChI=1S/C26H25FN8O3/c1-3-16-10-15(4-8-20(16)27)13-28-24(36)22-12-23(30-14-29-22)25(37)31-21-9-5-17-11-18(6-7-19(17)21)35-26(38)34(2)32-33-35/h4,6-8,10-12,14,21H,3,5,9,13H2,1-2H3,(H,28,36)(H,31,37)/t21-/m0/s1. The van der Waals surface area contributed by atoms with Crippen molar-refractivity contribution in [2.45, 2.75) is 38.8 Å². The third kappa shape index (κ3) is 4.92. The smallest absolute Gasteiger partial charge is 0.347 e. The van der Waals surface area contributed by atoms with Crippen molar-refractivity contribution in [3.8, 4) is 5.69 Å². The third-order valence-electron chi connectivity index (χ3n) is 6.55. The Morgan fingerprint density at radius 1 is 1.05 bits per heavy atom. The van der Waals surface area contributed by atoms with E-state index in [1.807, 2.05) is 19.1 Å². The topological polar surface area (TPSA) is 137 Å². The molecule has 1 aliphatic carbocycles. The van der Waals surface area contributed by atoms with Gasteiger partial charge in [0.05, 0.1) is 11.7 Å². The van der Waals surface area contributed by atoms with Gasteiger partial charge in [0, 0.05) is 19.7 Å². The molecule has 2 aromatic carbocycles. The minimum atomic E-state index is -0.471. The molecule has 38 heavy (non-hydrogen) atoms. The number of fused-ring (bicyclic) bond motifs is 1. The first-order valence-electron chi connectivity index (χ1n) is 12.1.